The number of aromatic nitrogens is 1. The summed E-state index contributed by atoms with van der Waals surface area (Å²) in [5.74, 6) is 0.271. The van der Waals surface area contributed by atoms with Gasteiger partial charge in [0.1, 0.15) is 12.4 Å². The first-order valence-corrected chi connectivity index (χ1v) is 9.67. The molecule has 0 atom stereocenters. The van der Waals surface area contributed by atoms with Crippen LogP contribution < -0.4 is 10.1 Å². The Balaban J connectivity index is 1.62. The van der Waals surface area contributed by atoms with E-state index in [-0.39, 0.29) is 5.91 Å². The lowest BCUT2D eigenvalue weighted by Gasteiger charge is -2.17. The second-order valence-electron chi connectivity index (χ2n) is 6.93. The molecule has 0 saturated carbocycles. The number of rotatable bonds is 6. The lowest BCUT2D eigenvalue weighted by Crippen LogP contribution is -2.16. The lowest BCUT2D eigenvalue weighted by molar-refractivity contribution is 0.102. The minimum absolute atomic E-state index is 0.252. The maximum Gasteiger partial charge on any atom is 0.259 e. The largest absolute Gasteiger partial charge is 0.488 e. The summed E-state index contributed by atoms with van der Waals surface area (Å²) in [4.78, 5) is 17.1. The second kappa shape index (κ2) is 9.05. The van der Waals surface area contributed by atoms with Gasteiger partial charge >= 0.3 is 0 Å². The van der Waals surface area contributed by atoms with Crippen LogP contribution >= 0.6 is 0 Å². The Morgan fingerprint density at radius 1 is 1.13 bits per heavy atom. The first-order valence-electron chi connectivity index (χ1n) is 9.67. The molecule has 1 aliphatic heterocycles. The Morgan fingerprint density at radius 2 is 2.00 bits per heavy atom. The molecule has 0 fully saturated rings. The number of hydrazone groups is 1. The number of amides is 1. The third-order valence-electron chi connectivity index (χ3n) is 4.68. The molecule has 1 aromatic heterocycles. The zero-order chi connectivity index (χ0) is 20.8. The maximum atomic E-state index is 13.1. The van der Waals surface area contributed by atoms with E-state index in [0.29, 0.717) is 23.6 Å². The molecular formula is C24H22N4O2. The molecule has 0 unspecified atom stereocenters. The summed E-state index contributed by atoms with van der Waals surface area (Å²) in [6.07, 6.45) is 7.15. The van der Waals surface area contributed by atoms with Crippen molar-refractivity contribution in [2.75, 3.05) is 18.9 Å². The van der Waals surface area contributed by atoms with Crippen LogP contribution in [-0.4, -0.2) is 35.7 Å². The van der Waals surface area contributed by atoms with Crippen molar-refractivity contribution in [3.63, 3.8) is 0 Å². The molecule has 1 N–H and O–H groups in total. The van der Waals surface area contributed by atoms with Crippen molar-refractivity contribution in [2.24, 2.45) is 5.10 Å². The maximum absolute atomic E-state index is 13.1. The highest BCUT2D eigenvalue weighted by molar-refractivity contribution is 6.12. The number of carbonyl (C=O) groups is 1. The Kier molecular flexibility index (Phi) is 5.85. The predicted octanol–water partition coefficient (Wildman–Crippen LogP) is 4.23. The van der Waals surface area contributed by atoms with Gasteiger partial charge in [-0.2, -0.15) is 5.10 Å². The topological polar surface area (TPSA) is 66.8 Å². The second-order valence-corrected chi connectivity index (χ2v) is 6.93. The van der Waals surface area contributed by atoms with Crippen molar-refractivity contribution in [1.29, 1.82) is 0 Å². The van der Waals surface area contributed by atoms with E-state index in [1.54, 1.807) is 30.7 Å². The lowest BCUT2D eigenvalue weighted by atomic mass is 10.0. The standard InChI is InChI=1S/C24H22N4O2/c1-28-13-11-20(15-26-28)19-9-10-23(30-17-18-6-3-2-4-7-18)22(14-19)24(29)27-21-8-5-12-25-16-21/h2-12,14-16H,13,17H2,1H3,(H,27,29). The fraction of sp³-hybridized carbons (Fsp3) is 0.125. The number of nitrogens with one attached hydrogen (secondary N) is 1. The van der Waals surface area contributed by atoms with Crippen LogP contribution in [0.25, 0.3) is 5.57 Å². The first-order chi connectivity index (χ1) is 14.7. The van der Waals surface area contributed by atoms with Crippen LogP contribution in [0.5, 0.6) is 5.75 Å². The summed E-state index contributed by atoms with van der Waals surface area (Å²) in [7, 11) is 1.91. The van der Waals surface area contributed by atoms with E-state index in [9.17, 15) is 4.79 Å². The van der Waals surface area contributed by atoms with Crippen molar-refractivity contribution in [2.45, 2.75) is 6.61 Å². The molecule has 30 heavy (non-hydrogen) atoms. The number of pyridine rings is 1. The van der Waals surface area contributed by atoms with Crippen molar-refractivity contribution in [1.82, 2.24) is 9.99 Å². The van der Waals surface area contributed by atoms with Gasteiger partial charge in [0.25, 0.3) is 5.91 Å². The molecule has 0 aliphatic carbocycles. The van der Waals surface area contributed by atoms with Gasteiger partial charge in [0.15, 0.2) is 0 Å². The molecular weight excluding hydrogens is 376 g/mol. The number of hydrogen-bond acceptors (Lipinski definition) is 5. The Labute approximate surface area is 175 Å². The summed E-state index contributed by atoms with van der Waals surface area (Å²) in [6, 6.07) is 19.1. The molecule has 0 bridgehead atoms. The Morgan fingerprint density at radius 3 is 2.73 bits per heavy atom. The summed E-state index contributed by atoms with van der Waals surface area (Å²) in [5, 5.41) is 9.06. The third-order valence-corrected chi connectivity index (χ3v) is 4.68. The van der Waals surface area contributed by atoms with Crippen LogP contribution in [-0.2, 0) is 6.61 Å². The van der Waals surface area contributed by atoms with Gasteiger partial charge in [0.05, 0.1) is 30.2 Å². The molecule has 6 heteroatoms. The van der Waals surface area contributed by atoms with Crippen LogP contribution in [0, 0.1) is 0 Å². The van der Waals surface area contributed by atoms with E-state index < -0.39 is 0 Å². The number of nitrogens with zero attached hydrogens (tertiary/aromatic N) is 3. The molecule has 2 aromatic carbocycles. The number of ether oxygens (including phenoxy) is 1. The van der Waals surface area contributed by atoms with Crippen LogP contribution in [0.1, 0.15) is 21.5 Å². The molecule has 0 saturated heterocycles. The normalized spacial score (nSPS) is 13.0. The molecule has 0 spiro atoms. The molecule has 4 rings (SSSR count). The van der Waals surface area contributed by atoms with Crippen LogP contribution in [0.3, 0.4) is 0 Å². The van der Waals surface area contributed by atoms with Gasteiger partial charge < -0.3 is 10.1 Å². The van der Waals surface area contributed by atoms with Gasteiger partial charge in [-0.3, -0.25) is 14.8 Å². The number of benzene rings is 2. The number of carbonyl (C=O) groups excluding carboxylic acids is 1. The average molecular weight is 398 g/mol. The van der Waals surface area contributed by atoms with E-state index in [0.717, 1.165) is 23.2 Å². The van der Waals surface area contributed by atoms with E-state index in [1.807, 2.05) is 60.6 Å². The minimum atomic E-state index is -0.252. The van der Waals surface area contributed by atoms with Gasteiger partial charge in [0, 0.05) is 13.2 Å². The van der Waals surface area contributed by atoms with E-state index in [1.165, 1.54) is 0 Å². The highest BCUT2D eigenvalue weighted by atomic mass is 16.5. The van der Waals surface area contributed by atoms with Crippen LogP contribution in [0.4, 0.5) is 5.69 Å². The SMILES string of the molecule is CN1CC=C(c2ccc(OCc3ccccc3)c(C(=O)Nc3cccnc3)c2)C=N1. The van der Waals surface area contributed by atoms with Crippen LogP contribution in [0.15, 0.2) is 84.2 Å². The molecule has 2 heterocycles. The Hall–Kier alpha value is -3.93. The molecule has 1 amide bonds. The summed E-state index contributed by atoms with van der Waals surface area (Å²) >= 11 is 0. The Bertz CT molecular complexity index is 1080. The van der Waals surface area contributed by atoms with Gasteiger partial charge in [-0.15, -0.1) is 0 Å². The highest BCUT2D eigenvalue weighted by Gasteiger charge is 2.16. The summed E-state index contributed by atoms with van der Waals surface area (Å²) < 4.78 is 6.00. The number of likely N-dealkylation sites (N-methyl/N-ethyl adjacent to an activating group) is 1. The molecule has 3 aromatic rings. The fourth-order valence-electron chi connectivity index (χ4n) is 3.07. The third kappa shape index (κ3) is 4.72. The quantitative estimate of drug-likeness (QED) is 0.675. The van der Waals surface area contributed by atoms with E-state index in [4.69, 9.17) is 4.74 Å². The highest BCUT2D eigenvalue weighted by Crippen LogP contribution is 2.26. The zero-order valence-corrected chi connectivity index (χ0v) is 16.7. The fourth-order valence-corrected chi connectivity index (χ4v) is 3.07. The van der Waals surface area contributed by atoms with Gasteiger partial charge in [-0.05, 0) is 41.0 Å². The number of hydrogen-bond donors (Lipinski definition) is 1. The first kappa shape index (κ1) is 19.4. The predicted molar refractivity (Wildman–Crippen MR) is 119 cm³/mol. The minimum Gasteiger partial charge on any atom is -0.488 e. The van der Waals surface area contributed by atoms with Gasteiger partial charge in [-0.25, -0.2) is 0 Å². The van der Waals surface area contributed by atoms with Crippen molar-refractivity contribution < 1.29 is 9.53 Å². The van der Waals surface area contributed by atoms with E-state index in [2.05, 4.69) is 21.5 Å². The summed E-state index contributed by atoms with van der Waals surface area (Å²) in [5.41, 5.74) is 4.00. The van der Waals surface area contributed by atoms with Crippen LogP contribution in [0.2, 0.25) is 0 Å². The van der Waals surface area contributed by atoms with E-state index >= 15 is 0 Å². The van der Waals surface area contributed by atoms with Crippen molar-refractivity contribution in [3.8, 4) is 5.75 Å². The zero-order valence-electron chi connectivity index (χ0n) is 16.7. The number of anilines is 1. The van der Waals surface area contributed by atoms with Gasteiger partial charge in [-0.1, -0.05) is 42.5 Å². The van der Waals surface area contributed by atoms with Crippen molar-refractivity contribution >= 4 is 23.4 Å². The van der Waals surface area contributed by atoms with Gasteiger partial charge in [0.2, 0.25) is 0 Å². The number of allylic oxidation sites excluding steroid dienone is 1. The monoisotopic (exact) mass is 398 g/mol. The van der Waals surface area contributed by atoms with Crippen molar-refractivity contribution in [3.05, 3.63) is 95.8 Å². The molecule has 6 nitrogen and oxygen atoms in total. The average Bonchev–Trinajstić information content (AvgIpc) is 2.79. The molecule has 150 valence electrons. The summed E-state index contributed by atoms with van der Waals surface area (Å²) in [6.45, 7) is 1.09. The molecule has 0 radical (unpaired) electrons. The smallest absolute Gasteiger partial charge is 0.259 e. The molecule has 1 aliphatic rings.